The Kier molecular flexibility index (Phi) is 3.49. The Labute approximate surface area is 94.0 Å². The van der Waals surface area contributed by atoms with Gasteiger partial charge in [0.1, 0.15) is 23.5 Å². The molecule has 1 aromatic carbocycles. The van der Waals surface area contributed by atoms with Crippen LogP contribution in [0.15, 0.2) is 23.8 Å². The molecule has 2 nitrogen and oxygen atoms in total. The molecule has 0 bridgehead atoms. The molecule has 0 spiro atoms. The summed E-state index contributed by atoms with van der Waals surface area (Å²) in [4.78, 5) is 0. The summed E-state index contributed by atoms with van der Waals surface area (Å²) in [7, 11) is 0. The smallest absolute Gasteiger partial charge is 0.206 e. The largest absolute Gasteiger partial charge is 0.416 e. The average molecular weight is 240 g/mol. The van der Waals surface area contributed by atoms with E-state index in [1.807, 2.05) is 0 Å². The van der Waals surface area contributed by atoms with E-state index in [2.05, 4.69) is 0 Å². The lowest BCUT2D eigenvalue weighted by molar-refractivity contribution is -0.137. The van der Waals surface area contributed by atoms with Gasteiger partial charge in [-0.3, -0.25) is 0 Å². The molecule has 17 heavy (non-hydrogen) atoms. The zero-order chi connectivity index (χ0) is 13.1. The quantitative estimate of drug-likeness (QED) is 0.558. The van der Waals surface area contributed by atoms with Crippen molar-refractivity contribution in [1.82, 2.24) is 0 Å². The molecule has 1 rings (SSSR count). The van der Waals surface area contributed by atoms with Crippen molar-refractivity contribution in [1.29, 1.82) is 10.5 Å². The first kappa shape index (κ1) is 12.7. The van der Waals surface area contributed by atoms with Crippen LogP contribution in [0.5, 0.6) is 0 Å². The summed E-state index contributed by atoms with van der Waals surface area (Å²) in [6.07, 6.45) is -3.83. The van der Waals surface area contributed by atoms with Crippen molar-refractivity contribution in [3.8, 4) is 12.1 Å². The molecule has 0 fully saturated rings. The van der Waals surface area contributed by atoms with Crippen molar-refractivity contribution in [3.63, 3.8) is 0 Å². The molecular weight excluding hydrogens is 236 g/mol. The van der Waals surface area contributed by atoms with Gasteiger partial charge in [-0.1, -0.05) is 0 Å². The molecule has 0 saturated carbocycles. The Morgan fingerprint density at radius 2 is 1.76 bits per heavy atom. The molecule has 0 aliphatic rings. The normalized spacial score (nSPS) is 10.2. The van der Waals surface area contributed by atoms with Crippen LogP contribution in [0.4, 0.5) is 17.6 Å². The van der Waals surface area contributed by atoms with Gasteiger partial charge in [0.2, 0.25) is 0 Å². The molecule has 0 aliphatic carbocycles. The second kappa shape index (κ2) is 4.67. The maximum Gasteiger partial charge on any atom is 0.416 e. The second-order valence-electron chi connectivity index (χ2n) is 3.02. The fourth-order valence-corrected chi connectivity index (χ4v) is 1.08. The predicted molar refractivity (Wildman–Crippen MR) is 50.6 cm³/mol. The van der Waals surface area contributed by atoms with E-state index in [0.29, 0.717) is 18.2 Å². The minimum Gasteiger partial charge on any atom is -0.206 e. The zero-order valence-corrected chi connectivity index (χ0v) is 8.22. The summed E-state index contributed by atoms with van der Waals surface area (Å²) in [6.45, 7) is 0. The number of halogens is 4. The molecule has 86 valence electrons. The lowest BCUT2D eigenvalue weighted by Crippen LogP contribution is -2.05. The Balaban J connectivity index is 3.32. The number of hydrogen-bond donors (Lipinski definition) is 0. The van der Waals surface area contributed by atoms with Gasteiger partial charge in [-0.05, 0) is 24.3 Å². The van der Waals surface area contributed by atoms with Crippen molar-refractivity contribution in [2.45, 2.75) is 6.18 Å². The molecule has 1 aromatic rings. The van der Waals surface area contributed by atoms with Crippen LogP contribution in [-0.2, 0) is 6.18 Å². The van der Waals surface area contributed by atoms with Crippen LogP contribution in [-0.4, -0.2) is 0 Å². The van der Waals surface area contributed by atoms with Crippen molar-refractivity contribution < 1.29 is 17.6 Å². The number of rotatable bonds is 1. The summed E-state index contributed by atoms with van der Waals surface area (Å²) < 4.78 is 50.1. The third-order valence-electron chi connectivity index (χ3n) is 1.86. The number of nitriles is 2. The van der Waals surface area contributed by atoms with E-state index in [1.54, 1.807) is 0 Å². The molecule has 6 heteroatoms. The maximum absolute atomic E-state index is 13.2. The van der Waals surface area contributed by atoms with Crippen molar-refractivity contribution in [2.75, 3.05) is 0 Å². The molecule has 0 unspecified atom stereocenters. The van der Waals surface area contributed by atoms with Gasteiger partial charge in [0.05, 0.1) is 5.56 Å². The van der Waals surface area contributed by atoms with Crippen LogP contribution in [0.25, 0.3) is 6.08 Å². The molecule has 0 N–H and O–H groups in total. The SMILES string of the molecule is N#CC(C#N)=Cc1cc(C(F)(F)F)ccc1F. The van der Waals surface area contributed by atoms with E-state index in [9.17, 15) is 17.6 Å². The predicted octanol–water partition coefficient (Wildman–Crippen LogP) is 3.28. The molecule has 0 aliphatic heterocycles. The number of hydrogen-bond acceptors (Lipinski definition) is 2. The van der Waals surface area contributed by atoms with Crippen LogP contribution in [0.1, 0.15) is 11.1 Å². The number of benzene rings is 1. The van der Waals surface area contributed by atoms with Crippen LogP contribution in [0.2, 0.25) is 0 Å². The average Bonchev–Trinajstić information content (AvgIpc) is 2.26. The van der Waals surface area contributed by atoms with Gasteiger partial charge < -0.3 is 0 Å². The Hall–Kier alpha value is -2.34. The van der Waals surface area contributed by atoms with Crippen molar-refractivity contribution >= 4 is 6.08 Å². The fourth-order valence-electron chi connectivity index (χ4n) is 1.08. The van der Waals surface area contributed by atoms with Crippen LogP contribution in [0.3, 0.4) is 0 Å². The maximum atomic E-state index is 13.2. The molecule has 0 amide bonds. The molecular formula is C11H4F4N2. The molecule has 0 atom stereocenters. The minimum absolute atomic E-state index is 0.446. The van der Waals surface area contributed by atoms with Gasteiger partial charge in [-0.2, -0.15) is 23.7 Å². The Bertz CT molecular complexity index is 528. The summed E-state index contributed by atoms with van der Waals surface area (Å²) in [5.74, 6) is -0.930. The standard InChI is InChI=1S/C11H4F4N2/c12-10-2-1-9(11(13,14)15)4-8(10)3-7(5-16)6-17/h1-4H. The van der Waals surface area contributed by atoms with E-state index in [4.69, 9.17) is 10.5 Å². The molecule has 0 saturated heterocycles. The van der Waals surface area contributed by atoms with E-state index in [0.717, 1.165) is 6.08 Å². The Morgan fingerprint density at radius 1 is 1.18 bits per heavy atom. The summed E-state index contributed by atoms with van der Waals surface area (Å²) in [5.41, 5.74) is -1.96. The first-order chi connectivity index (χ1) is 7.88. The van der Waals surface area contributed by atoms with Gasteiger partial charge in [0.15, 0.2) is 0 Å². The third kappa shape index (κ3) is 3.05. The number of allylic oxidation sites excluding steroid dienone is 1. The van der Waals surface area contributed by atoms with E-state index >= 15 is 0 Å². The monoisotopic (exact) mass is 240 g/mol. The lowest BCUT2D eigenvalue weighted by atomic mass is 10.1. The van der Waals surface area contributed by atoms with Gasteiger partial charge >= 0.3 is 6.18 Å². The van der Waals surface area contributed by atoms with Crippen molar-refractivity contribution in [2.24, 2.45) is 0 Å². The van der Waals surface area contributed by atoms with Crippen molar-refractivity contribution in [3.05, 3.63) is 40.7 Å². The van der Waals surface area contributed by atoms with E-state index in [1.165, 1.54) is 12.1 Å². The summed E-state index contributed by atoms with van der Waals surface area (Å²) in [6, 6.07) is 4.65. The van der Waals surface area contributed by atoms with Gasteiger partial charge in [-0.15, -0.1) is 0 Å². The number of alkyl halides is 3. The molecule has 0 aromatic heterocycles. The third-order valence-corrected chi connectivity index (χ3v) is 1.86. The highest BCUT2D eigenvalue weighted by atomic mass is 19.4. The Morgan fingerprint density at radius 3 is 2.24 bits per heavy atom. The zero-order valence-electron chi connectivity index (χ0n) is 8.22. The van der Waals surface area contributed by atoms with Gasteiger partial charge in [0, 0.05) is 5.56 Å². The molecule has 0 radical (unpaired) electrons. The van der Waals surface area contributed by atoms with Crippen LogP contribution >= 0.6 is 0 Å². The highest BCUT2D eigenvalue weighted by Gasteiger charge is 2.30. The minimum atomic E-state index is -4.60. The number of nitrogens with zero attached hydrogens (tertiary/aromatic N) is 2. The van der Waals surface area contributed by atoms with E-state index in [-0.39, 0.29) is 0 Å². The van der Waals surface area contributed by atoms with Crippen LogP contribution in [0, 0.1) is 28.5 Å². The highest BCUT2D eigenvalue weighted by molar-refractivity contribution is 5.62. The first-order valence-electron chi connectivity index (χ1n) is 4.27. The summed E-state index contributed by atoms with van der Waals surface area (Å²) >= 11 is 0. The second-order valence-corrected chi connectivity index (χ2v) is 3.02. The molecule has 0 heterocycles. The topological polar surface area (TPSA) is 47.6 Å². The first-order valence-corrected chi connectivity index (χ1v) is 4.27. The van der Waals surface area contributed by atoms with Crippen LogP contribution < -0.4 is 0 Å². The highest BCUT2D eigenvalue weighted by Crippen LogP contribution is 2.30. The van der Waals surface area contributed by atoms with Gasteiger partial charge in [0.25, 0.3) is 0 Å². The lowest BCUT2D eigenvalue weighted by Gasteiger charge is -2.07. The van der Waals surface area contributed by atoms with Gasteiger partial charge in [-0.25, -0.2) is 4.39 Å². The van der Waals surface area contributed by atoms with E-state index < -0.39 is 28.7 Å². The fraction of sp³-hybridized carbons (Fsp3) is 0.0909. The summed E-state index contributed by atoms with van der Waals surface area (Å²) in [5, 5.41) is 16.8.